The summed E-state index contributed by atoms with van der Waals surface area (Å²) in [6.45, 7) is 3.56. The quantitative estimate of drug-likeness (QED) is 0.0532. The number of primary amides is 2. The van der Waals surface area contributed by atoms with Crippen molar-refractivity contribution in [3.8, 4) is 0 Å². The Hall–Kier alpha value is -6.34. The monoisotopic (exact) mass is 799 g/mol. The molecule has 1 aromatic rings. The largest absolute Gasteiger partial charge is 0.480 e. The van der Waals surface area contributed by atoms with Gasteiger partial charge in [0.05, 0.1) is 19.5 Å². The Bertz CT molecular complexity index is 1660. The van der Waals surface area contributed by atoms with Crippen LogP contribution in [0.25, 0.3) is 0 Å². The molecular weight excluding hydrogens is 746 g/mol. The third-order valence-corrected chi connectivity index (χ3v) is 8.93. The van der Waals surface area contributed by atoms with Crippen molar-refractivity contribution in [2.75, 3.05) is 13.1 Å². The number of carbonyl (C=O) groups is 10. The molecule has 0 spiro atoms. The third-order valence-electron chi connectivity index (χ3n) is 8.93. The van der Waals surface area contributed by atoms with E-state index < -0.39 is 109 Å². The summed E-state index contributed by atoms with van der Waals surface area (Å²) in [6, 6.07) is 2.47. The van der Waals surface area contributed by atoms with Crippen LogP contribution in [0.2, 0.25) is 0 Å². The molecule has 1 saturated carbocycles. The summed E-state index contributed by atoms with van der Waals surface area (Å²) < 4.78 is 0. The van der Waals surface area contributed by atoms with Crippen LogP contribution in [0.3, 0.4) is 0 Å². The maximum atomic E-state index is 13.5. The summed E-state index contributed by atoms with van der Waals surface area (Å²) in [5, 5.41) is 26.1. The number of carboxylic acids is 1. The van der Waals surface area contributed by atoms with Crippen molar-refractivity contribution in [1.29, 1.82) is 0 Å². The van der Waals surface area contributed by atoms with Crippen molar-refractivity contribution in [2.45, 2.75) is 95.9 Å². The lowest BCUT2D eigenvalue weighted by atomic mass is 9.83. The highest BCUT2D eigenvalue weighted by atomic mass is 16.4. The van der Waals surface area contributed by atoms with E-state index in [0.717, 1.165) is 31.4 Å². The van der Waals surface area contributed by atoms with Gasteiger partial charge in [-0.25, -0.2) is 4.79 Å². The summed E-state index contributed by atoms with van der Waals surface area (Å²) in [5.41, 5.74) is 11.4. The van der Waals surface area contributed by atoms with Crippen molar-refractivity contribution in [2.24, 2.45) is 23.3 Å². The van der Waals surface area contributed by atoms with Crippen LogP contribution in [-0.2, 0) is 54.4 Å². The smallest absolute Gasteiger partial charge is 0.326 e. The average molecular weight is 800 g/mol. The minimum absolute atomic E-state index is 0.0133. The van der Waals surface area contributed by atoms with Gasteiger partial charge in [-0.3, -0.25) is 43.2 Å². The van der Waals surface area contributed by atoms with Gasteiger partial charge in [-0.15, -0.1) is 0 Å². The summed E-state index contributed by atoms with van der Waals surface area (Å²) in [6.07, 6.45) is 4.37. The molecule has 0 bridgehead atoms. The Labute approximate surface area is 329 Å². The molecule has 0 unspecified atom stereocenters. The molecular formula is C37H53N9O11. The molecule has 0 aromatic heterocycles. The average Bonchev–Trinajstić information content (AvgIpc) is 3.15. The highest BCUT2D eigenvalue weighted by Gasteiger charge is 2.35. The van der Waals surface area contributed by atoms with Gasteiger partial charge in [-0.05, 0) is 37.2 Å². The molecule has 1 aliphatic rings. The van der Waals surface area contributed by atoms with Crippen LogP contribution in [0.4, 0.5) is 0 Å². The van der Waals surface area contributed by atoms with E-state index in [1.807, 2.05) is 0 Å². The van der Waals surface area contributed by atoms with Crippen molar-refractivity contribution in [1.82, 2.24) is 37.2 Å². The summed E-state index contributed by atoms with van der Waals surface area (Å²) in [5.74, 6) is -9.51. The number of rotatable bonds is 22. The van der Waals surface area contributed by atoms with E-state index in [-0.39, 0.29) is 18.3 Å². The van der Waals surface area contributed by atoms with Gasteiger partial charge in [-0.2, -0.15) is 0 Å². The molecule has 5 atom stereocenters. The number of carboxylic acid groups (broad SMARTS) is 1. The lowest BCUT2D eigenvalue weighted by Gasteiger charge is -2.32. The molecule has 1 fully saturated rings. The molecule has 0 heterocycles. The molecule has 0 radical (unpaired) electrons. The predicted octanol–water partition coefficient (Wildman–Crippen LogP) is -2.86. The van der Waals surface area contributed by atoms with Gasteiger partial charge in [-0.1, -0.05) is 63.4 Å². The SMILES string of the molecule is CC(C)[C@H](NC(=O)[C@H](C)NC(=O)[C@@H](NC(=O)[C@H](CC(N)=O)NC(=O)/C=C/C(=O)NCC(=O)NCC(=O)N[C@@H](Cc1ccccc1)C(=O)O)C1CCCCC1)C(N)=O. The molecule has 1 aliphatic carbocycles. The molecule has 57 heavy (non-hydrogen) atoms. The van der Waals surface area contributed by atoms with Crippen molar-refractivity contribution in [3.63, 3.8) is 0 Å². The minimum atomic E-state index is -1.57. The van der Waals surface area contributed by atoms with Gasteiger partial charge < -0.3 is 53.8 Å². The van der Waals surface area contributed by atoms with E-state index in [4.69, 9.17) is 11.5 Å². The van der Waals surface area contributed by atoms with Gasteiger partial charge in [0.25, 0.3) is 0 Å². The number of nitrogens with two attached hydrogens (primary N) is 2. The molecule has 0 aliphatic heterocycles. The zero-order valence-electron chi connectivity index (χ0n) is 32.1. The van der Waals surface area contributed by atoms with Crippen molar-refractivity contribution < 1.29 is 53.1 Å². The maximum absolute atomic E-state index is 13.5. The summed E-state index contributed by atoms with van der Waals surface area (Å²) in [4.78, 5) is 124. The summed E-state index contributed by atoms with van der Waals surface area (Å²) >= 11 is 0. The molecule has 312 valence electrons. The topological polar surface area (TPSA) is 327 Å². The van der Waals surface area contributed by atoms with Crippen LogP contribution in [0, 0.1) is 11.8 Å². The van der Waals surface area contributed by atoms with E-state index in [2.05, 4.69) is 37.2 Å². The molecule has 12 N–H and O–H groups in total. The Kier molecular flexibility index (Phi) is 19.3. The van der Waals surface area contributed by atoms with Crippen molar-refractivity contribution >= 4 is 59.1 Å². The standard InChI is InChI=1S/C37H53N9O11/c1-20(2)31(33(39)52)45-34(53)21(3)42-36(55)32(23-12-8-5-9-13-23)46-35(54)24(17-26(38)47)43-28(49)15-14-27(48)40-18-29(50)41-19-30(51)44-25(37(56)57)16-22-10-6-4-7-11-22/h4,6-7,10-11,14-15,20-21,23-25,31-32H,5,8-9,12-13,16-19H2,1-3H3,(H2,38,47)(H2,39,52)(H,40,48)(H,41,50)(H,42,55)(H,43,49)(H,44,51)(H,45,53)(H,46,54)(H,56,57)/b15-14+/t21-,24-,25-,31-,32-/m0/s1. The van der Waals surface area contributed by atoms with Crippen LogP contribution in [0.1, 0.15) is 64.9 Å². The molecule has 9 amide bonds. The highest BCUT2D eigenvalue weighted by molar-refractivity contribution is 6.01. The molecule has 0 saturated heterocycles. The number of hydrogen-bond donors (Lipinski definition) is 10. The van der Waals surface area contributed by atoms with E-state index in [9.17, 15) is 53.1 Å². The maximum Gasteiger partial charge on any atom is 0.326 e. The fourth-order valence-electron chi connectivity index (χ4n) is 5.88. The van der Waals surface area contributed by atoms with Gasteiger partial charge in [0, 0.05) is 18.6 Å². The number of hydrogen-bond acceptors (Lipinski definition) is 10. The minimum Gasteiger partial charge on any atom is -0.480 e. The first-order valence-corrected chi connectivity index (χ1v) is 18.5. The second kappa shape index (κ2) is 23.6. The van der Waals surface area contributed by atoms with E-state index in [1.165, 1.54) is 6.92 Å². The van der Waals surface area contributed by atoms with Crippen LogP contribution in [0.15, 0.2) is 42.5 Å². The molecule has 1 aromatic carbocycles. The number of benzene rings is 1. The van der Waals surface area contributed by atoms with E-state index in [1.54, 1.807) is 44.2 Å². The van der Waals surface area contributed by atoms with Gasteiger partial charge in [0.15, 0.2) is 0 Å². The zero-order chi connectivity index (χ0) is 42.7. The second-order valence-electron chi connectivity index (χ2n) is 14.0. The van der Waals surface area contributed by atoms with Gasteiger partial charge in [0.2, 0.25) is 53.2 Å². The fraction of sp³-hybridized carbons (Fsp3) is 0.514. The van der Waals surface area contributed by atoms with Gasteiger partial charge >= 0.3 is 5.97 Å². The predicted molar refractivity (Wildman–Crippen MR) is 203 cm³/mol. The third kappa shape index (κ3) is 17.3. The molecule has 2 rings (SSSR count). The summed E-state index contributed by atoms with van der Waals surface area (Å²) in [7, 11) is 0. The lowest BCUT2D eigenvalue weighted by molar-refractivity contribution is -0.141. The number of aliphatic carboxylic acids is 1. The first kappa shape index (κ1) is 46.8. The highest BCUT2D eigenvalue weighted by Crippen LogP contribution is 2.27. The lowest BCUT2D eigenvalue weighted by Crippen LogP contribution is -2.60. The van der Waals surface area contributed by atoms with Crippen LogP contribution in [-0.4, -0.2) is 108 Å². The molecule has 20 nitrogen and oxygen atoms in total. The first-order chi connectivity index (χ1) is 26.9. The number of carbonyl (C=O) groups excluding carboxylic acids is 9. The zero-order valence-corrected chi connectivity index (χ0v) is 32.1. The van der Waals surface area contributed by atoms with Crippen LogP contribution < -0.4 is 48.7 Å². The number of nitrogens with one attached hydrogen (secondary N) is 7. The van der Waals surface area contributed by atoms with Crippen molar-refractivity contribution in [3.05, 3.63) is 48.0 Å². The Morgan fingerprint density at radius 3 is 1.89 bits per heavy atom. The number of amides is 9. The van der Waals surface area contributed by atoms with E-state index in [0.29, 0.717) is 18.4 Å². The van der Waals surface area contributed by atoms with E-state index >= 15 is 0 Å². The molecule has 20 heteroatoms. The van der Waals surface area contributed by atoms with Gasteiger partial charge in [0.1, 0.15) is 30.2 Å². The Morgan fingerprint density at radius 1 is 0.702 bits per heavy atom. The Morgan fingerprint density at radius 2 is 1.32 bits per heavy atom. The van der Waals surface area contributed by atoms with Crippen LogP contribution in [0.5, 0.6) is 0 Å². The first-order valence-electron chi connectivity index (χ1n) is 18.5. The Balaban J connectivity index is 1.96. The van der Waals surface area contributed by atoms with Crippen LogP contribution >= 0.6 is 0 Å². The second-order valence-corrected chi connectivity index (χ2v) is 14.0. The normalized spacial score (nSPS) is 15.4. The fourth-order valence-corrected chi connectivity index (χ4v) is 5.88.